The number of likely N-dealkylation sites (tertiary alicyclic amines) is 1. The van der Waals surface area contributed by atoms with Gasteiger partial charge in [0.15, 0.2) is 11.5 Å². The van der Waals surface area contributed by atoms with E-state index in [9.17, 15) is 10.2 Å². The molecule has 3 aliphatic rings. The van der Waals surface area contributed by atoms with Gasteiger partial charge in [0, 0.05) is 17.0 Å². The zero-order valence-corrected chi connectivity index (χ0v) is 14.2. The van der Waals surface area contributed by atoms with Gasteiger partial charge in [0.2, 0.25) is 0 Å². The van der Waals surface area contributed by atoms with Crippen LogP contribution in [0.3, 0.4) is 0 Å². The van der Waals surface area contributed by atoms with Crippen LogP contribution in [-0.4, -0.2) is 55.1 Å². The molecule has 1 aromatic rings. The molecule has 5 nitrogen and oxygen atoms in total. The highest BCUT2D eigenvalue weighted by Gasteiger charge is 2.51. The first kappa shape index (κ1) is 15.5. The van der Waals surface area contributed by atoms with Crippen molar-refractivity contribution in [2.45, 2.75) is 30.4 Å². The third kappa shape index (κ3) is 1.88. The minimum absolute atomic E-state index is 0.201. The fraction of sp³-hybridized carbons (Fsp3) is 0.474. The van der Waals surface area contributed by atoms with Crippen molar-refractivity contribution in [3.8, 4) is 11.5 Å². The van der Waals surface area contributed by atoms with Gasteiger partial charge in [-0.25, -0.2) is 0 Å². The Bertz CT molecular complexity index is 754. The van der Waals surface area contributed by atoms with E-state index < -0.39 is 11.5 Å². The van der Waals surface area contributed by atoms with Crippen molar-refractivity contribution in [2.75, 3.05) is 27.8 Å². The molecule has 24 heavy (non-hydrogen) atoms. The highest BCUT2D eigenvalue weighted by Crippen LogP contribution is 2.56. The predicted octanol–water partition coefficient (Wildman–Crippen LogP) is 1.73. The number of aliphatic hydroxyl groups is 1. The molecule has 0 spiro atoms. The SMILES string of the molecule is COC1=C[C@]23CCN(C)[C@H](Cc4ccc(OC)c(O)c42)C3=CC1O. The summed E-state index contributed by atoms with van der Waals surface area (Å²) in [6.07, 6.45) is 4.82. The monoisotopic (exact) mass is 329 g/mol. The Labute approximate surface area is 141 Å². The molecule has 5 heteroatoms. The zero-order chi connectivity index (χ0) is 17.1. The summed E-state index contributed by atoms with van der Waals surface area (Å²) in [4.78, 5) is 2.33. The molecule has 4 rings (SSSR count). The minimum Gasteiger partial charge on any atom is -0.504 e. The van der Waals surface area contributed by atoms with E-state index >= 15 is 0 Å². The van der Waals surface area contributed by atoms with Gasteiger partial charge in [0.1, 0.15) is 11.9 Å². The van der Waals surface area contributed by atoms with Gasteiger partial charge in [-0.05, 0) is 55.8 Å². The van der Waals surface area contributed by atoms with Gasteiger partial charge < -0.3 is 19.7 Å². The fourth-order valence-corrected chi connectivity index (χ4v) is 4.63. The Morgan fingerprint density at radius 2 is 2.04 bits per heavy atom. The molecule has 1 fully saturated rings. The number of likely N-dealkylation sites (N-methyl/N-ethyl adjacent to an activating group) is 1. The molecule has 2 bridgehead atoms. The number of hydrogen-bond acceptors (Lipinski definition) is 5. The molecule has 1 aliphatic heterocycles. The molecule has 1 saturated heterocycles. The number of aliphatic hydroxyl groups excluding tert-OH is 1. The third-order valence-electron chi connectivity index (χ3n) is 5.82. The summed E-state index contributed by atoms with van der Waals surface area (Å²) in [6.45, 7) is 0.918. The number of methoxy groups -OCH3 is 2. The van der Waals surface area contributed by atoms with Gasteiger partial charge in [-0.3, -0.25) is 4.90 Å². The summed E-state index contributed by atoms with van der Waals surface area (Å²) in [6, 6.07) is 4.10. The standard InChI is InChI=1S/C19H23NO4/c1-20-7-6-19-10-16(24-3)14(21)9-12(19)13(20)8-11-4-5-15(23-2)18(22)17(11)19/h4-5,9-10,13-14,21-22H,6-8H2,1-3H3/t13-,14?,19+/m1/s1. The number of allylic oxidation sites excluding steroid dienone is 1. The highest BCUT2D eigenvalue weighted by molar-refractivity contribution is 5.64. The van der Waals surface area contributed by atoms with E-state index in [2.05, 4.69) is 11.9 Å². The van der Waals surface area contributed by atoms with Crippen molar-refractivity contribution in [2.24, 2.45) is 0 Å². The molecule has 0 aromatic heterocycles. The van der Waals surface area contributed by atoms with E-state index in [1.807, 2.05) is 24.3 Å². The average molecular weight is 329 g/mol. The summed E-state index contributed by atoms with van der Waals surface area (Å²) in [7, 11) is 5.26. The normalized spacial score (nSPS) is 31.5. The lowest BCUT2D eigenvalue weighted by molar-refractivity contribution is 0.131. The maximum absolute atomic E-state index is 10.9. The number of piperidine rings is 1. The lowest BCUT2D eigenvalue weighted by Crippen LogP contribution is -2.54. The van der Waals surface area contributed by atoms with E-state index in [0.717, 1.165) is 36.1 Å². The van der Waals surface area contributed by atoms with Crippen LogP contribution in [0.5, 0.6) is 11.5 Å². The Morgan fingerprint density at radius 3 is 2.75 bits per heavy atom. The summed E-state index contributed by atoms with van der Waals surface area (Å²) >= 11 is 0. The molecule has 3 atom stereocenters. The first-order chi connectivity index (χ1) is 11.5. The molecule has 2 aliphatic carbocycles. The second-order valence-corrected chi connectivity index (χ2v) is 6.89. The van der Waals surface area contributed by atoms with E-state index in [1.54, 1.807) is 14.2 Å². The van der Waals surface area contributed by atoms with Gasteiger partial charge in [-0.15, -0.1) is 0 Å². The molecular weight excluding hydrogens is 306 g/mol. The van der Waals surface area contributed by atoms with Crippen molar-refractivity contribution < 1.29 is 19.7 Å². The molecule has 128 valence electrons. The topological polar surface area (TPSA) is 62.2 Å². The lowest BCUT2D eigenvalue weighted by atomic mass is 9.58. The number of fused-ring (bicyclic) bond motifs is 1. The number of nitrogens with zero attached hydrogens (tertiary/aromatic N) is 1. The zero-order valence-electron chi connectivity index (χ0n) is 14.2. The molecule has 0 amide bonds. The second-order valence-electron chi connectivity index (χ2n) is 6.89. The largest absolute Gasteiger partial charge is 0.504 e. The number of aromatic hydroxyl groups is 1. The Morgan fingerprint density at radius 1 is 1.25 bits per heavy atom. The Hall–Kier alpha value is -1.98. The summed E-state index contributed by atoms with van der Waals surface area (Å²) < 4.78 is 10.8. The first-order valence-electron chi connectivity index (χ1n) is 8.28. The van der Waals surface area contributed by atoms with Gasteiger partial charge >= 0.3 is 0 Å². The van der Waals surface area contributed by atoms with Crippen LogP contribution >= 0.6 is 0 Å². The molecule has 0 radical (unpaired) electrons. The molecule has 1 unspecified atom stereocenters. The molecule has 1 aromatic carbocycles. The quantitative estimate of drug-likeness (QED) is 0.809. The van der Waals surface area contributed by atoms with Crippen LogP contribution in [0.2, 0.25) is 0 Å². The summed E-state index contributed by atoms with van der Waals surface area (Å²) in [5.41, 5.74) is 2.75. The van der Waals surface area contributed by atoms with Crippen molar-refractivity contribution in [1.82, 2.24) is 4.90 Å². The maximum atomic E-state index is 10.9. The Kier molecular flexibility index (Phi) is 3.41. The summed E-state index contributed by atoms with van der Waals surface area (Å²) in [5.74, 6) is 1.22. The van der Waals surface area contributed by atoms with E-state index in [1.165, 1.54) is 0 Å². The fourth-order valence-electron chi connectivity index (χ4n) is 4.63. The molecule has 2 N–H and O–H groups in total. The van der Waals surface area contributed by atoms with Gasteiger partial charge in [-0.1, -0.05) is 6.07 Å². The van der Waals surface area contributed by atoms with Crippen LogP contribution in [0, 0.1) is 0 Å². The summed E-state index contributed by atoms with van der Waals surface area (Å²) in [5, 5.41) is 21.3. The van der Waals surface area contributed by atoms with Crippen molar-refractivity contribution in [1.29, 1.82) is 0 Å². The smallest absolute Gasteiger partial charge is 0.162 e. The van der Waals surface area contributed by atoms with E-state index in [0.29, 0.717) is 11.5 Å². The van der Waals surface area contributed by atoms with E-state index in [4.69, 9.17) is 9.47 Å². The van der Waals surface area contributed by atoms with E-state index in [-0.39, 0.29) is 11.8 Å². The van der Waals surface area contributed by atoms with Crippen molar-refractivity contribution >= 4 is 0 Å². The molecule has 0 saturated carbocycles. The lowest BCUT2D eigenvalue weighted by Gasteiger charge is -2.53. The van der Waals surface area contributed by atoms with Crippen LogP contribution in [0.4, 0.5) is 0 Å². The minimum atomic E-state index is -0.735. The first-order valence-corrected chi connectivity index (χ1v) is 8.28. The number of benzene rings is 1. The highest BCUT2D eigenvalue weighted by atomic mass is 16.5. The van der Waals surface area contributed by atoms with Crippen LogP contribution in [-0.2, 0) is 16.6 Å². The van der Waals surface area contributed by atoms with Crippen molar-refractivity contribution in [3.63, 3.8) is 0 Å². The molecular formula is C19H23NO4. The number of rotatable bonds is 2. The number of phenolic OH excluding ortho intramolecular Hbond substituents is 1. The van der Waals surface area contributed by atoms with Crippen molar-refractivity contribution in [3.05, 3.63) is 46.7 Å². The average Bonchev–Trinajstić information content (AvgIpc) is 2.58. The third-order valence-corrected chi connectivity index (χ3v) is 5.82. The van der Waals surface area contributed by atoms with Crippen LogP contribution in [0.15, 0.2) is 35.6 Å². The predicted molar refractivity (Wildman–Crippen MR) is 90.3 cm³/mol. The van der Waals surface area contributed by atoms with Gasteiger partial charge in [-0.2, -0.15) is 0 Å². The molecule has 1 heterocycles. The van der Waals surface area contributed by atoms with Gasteiger partial charge in [0.25, 0.3) is 0 Å². The van der Waals surface area contributed by atoms with Crippen LogP contribution < -0.4 is 4.74 Å². The number of hydrogen-bond donors (Lipinski definition) is 2. The Balaban J connectivity index is 2.01. The van der Waals surface area contributed by atoms with Crippen LogP contribution in [0.25, 0.3) is 0 Å². The number of phenols is 1. The number of ether oxygens (including phenoxy) is 2. The maximum Gasteiger partial charge on any atom is 0.162 e. The van der Waals surface area contributed by atoms with Gasteiger partial charge in [0.05, 0.1) is 14.2 Å². The van der Waals surface area contributed by atoms with Crippen LogP contribution in [0.1, 0.15) is 17.5 Å². The second kappa shape index (κ2) is 5.26.